The van der Waals surface area contributed by atoms with Gasteiger partial charge >= 0.3 is 0 Å². The fourth-order valence-corrected chi connectivity index (χ4v) is 2.29. The van der Waals surface area contributed by atoms with Crippen LogP contribution < -0.4 is 5.73 Å². The second-order valence-corrected chi connectivity index (χ2v) is 4.29. The van der Waals surface area contributed by atoms with E-state index in [1.807, 2.05) is 16.7 Å². The highest BCUT2D eigenvalue weighted by molar-refractivity contribution is 5.63. The molecule has 1 aliphatic heterocycles. The molecule has 17 heavy (non-hydrogen) atoms. The quantitative estimate of drug-likeness (QED) is 0.777. The van der Waals surface area contributed by atoms with Gasteiger partial charge in [-0.1, -0.05) is 12.1 Å². The van der Waals surface area contributed by atoms with Gasteiger partial charge in [-0.15, -0.1) is 10.2 Å². The molecule has 1 aliphatic rings. The van der Waals surface area contributed by atoms with Crippen molar-refractivity contribution >= 4 is 0 Å². The van der Waals surface area contributed by atoms with Gasteiger partial charge in [0.1, 0.15) is 11.6 Å². The highest BCUT2D eigenvalue weighted by atomic mass is 16.3. The maximum atomic E-state index is 9.85. The van der Waals surface area contributed by atoms with E-state index in [1.165, 1.54) is 0 Å². The molecule has 0 saturated carbocycles. The van der Waals surface area contributed by atoms with Gasteiger partial charge in [-0.2, -0.15) is 0 Å². The molecule has 0 saturated heterocycles. The van der Waals surface area contributed by atoms with Crippen LogP contribution in [0.1, 0.15) is 24.8 Å². The second-order valence-electron chi connectivity index (χ2n) is 4.29. The smallest absolute Gasteiger partial charge is 0.169 e. The zero-order valence-electron chi connectivity index (χ0n) is 9.37. The molecule has 2 aromatic rings. The van der Waals surface area contributed by atoms with E-state index in [4.69, 9.17) is 5.73 Å². The van der Waals surface area contributed by atoms with Crippen LogP contribution in [0.3, 0.4) is 0 Å². The molecule has 0 fully saturated rings. The summed E-state index contributed by atoms with van der Waals surface area (Å²) in [5, 5.41) is 18.1. The lowest BCUT2D eigenvalue weighted by Gasteiger charge is -2.22. The Morgan fingerprint density at radius 1 is 1.29 bits per heavy atom. The van der Waals surface area contributed by atoms with Crippen LogP contribution in [0.15, 0.2) is 24.3 Å². The van der Waals surface area contributed by atoms with E-state index < -0.39 is 0 Å². The van der Waals surface area contributed by atoms with Crippen molar-refractivity contribution in [2.75, 3.05) is 0 Å². The summed E-state index contributed by atoms with van der Waals surface area (Å²) >= 11 is 0. The number of aromatic hydroxyl groups is 1. The number of nitrogens with zero attached hydrogens (tertiary/aromatic N) is 3. The summed E-state index contributed by atoms with van der Waals surface area (Å²) < 4.78 is 1.93. The fourth-order valence-electron chi connectivity index (χ4n) is 2.29. The zero-order chi connectivity index (χ0) is 11.8. The van der Waals surface area contributed by atoms with Crippen molar-refractivity contribution in [3.8, 4) is 17.1 Å². The first kappa shape index (κ1) is 10.3. The molecule has 3 N–H and O–H groups in total. The zero-order valence-corrected chi connectivity index (χ0v) is 9.37. The lowest BCUT2D eigenvalue weighted by Crippen LogP contribution is -2.25. The van der Waals surface area contributed by atoms with E-state index in [-0.39, 0.29) is 11.9 Å². The van der Waals surface area contributed by atoms with Crippen LogP contribution in [-0.2, 0) is 6.42 Å². The Morgan fingerprint density at radius 3 is 2.94 bits per heavy atom. The number of nitrogens with two attached hydrogens (primary N) is 1. The monoisotopic (exact) mass is 230 g/mol. The Bertz CT molecular complexity index is 549. The fraction of sp³-hybridized carbons (Fsp3) is 0.333. The summed E-state index contributed by atoms with van der Waals surface area (Å²) in [5.41, 5.74) is 6.76. The molecule has 0 spiro atoms. The van der Waals surface area contributed by atoms with Crippen molar-refractivity contribution in [2.24, 2.45) is 5.73 Å². The number of phenols is 1. The first-order chi connectivity index (χ1) is 8.27. The number of phenolic OH excluding ortho intramolecular Hbond substituents is 1. The van der Waals surface area contributed by atoms with E-state index >= 15 is 0 Å². The Labute approximate surface area is 98.9 Å². The first-order valence-corrected chi connectivity index (χ1v) is 5.75. The molecule has 1 atom stereocenters. The normalized spacial score (nSPS) is 19.0. The summed E-state index contributed by atoms with van der Waals surface area (Å²) in [4.78, 5) is 0. The number of hydrogen-bond donors (Lipinski definition) is 2. The standard InChI is InChI=1S/C12H14N4O/c13-10-6-3-7-11-14-15-12(16(10)11)8-4-1-2-5-9(8)17/h1-2,4-5,10,17H,3,6-7,13H2. The summed E-state index contributed by atoms with van der Waals surface area (Å²) in [6.07, 6.45) is 2.77. The minimum Gasteiger partial charge on any atom is -0.507 e. The molecule has 3 rings (SSSR count). The number of benzene rings is 1. The van der Waals surface area contributed by atoms with Gasteiger partial charge in [0.15, 0.2) is 5.82 Å². The van der Waals surface area contributed by atoms with Crippen LogP contribution in [0.25, 0.3) is 11.4 Å². The van der Waals surface area contributed by atoms with Gasteiger partial charge in [-0.05, 0) is 25.0 Å². The van der Waals surface area contributed by atoms with Gasteiger partial charge < -0.3 is 10.8 Å². The minimum absolute atomic E-state index is 0.0941. The van der Waals surface area contributed by atoms with Gasteiger partial charge in [0.25, 0.3) is 0 Å². The van der Waals surface area contributed by atoms with Gasteiger partial charge in [-0.3, -0.25) is 4.57 Å². The van der Waals surface area contributed by atoms with E-state index in [1.54, 1.807) is 12.1 Å². The lowest BCUT2D eigenvalue weighted by atomic mass is 10.1. The Kier molecular flexibility index (Phi) is 2.33. The number of para-hydroxylation sites is 1. The van der Waals surface area contributed by atoms with E-state index in [9.17, 15) is 5.11 Å². The topological polar surface area (TPSA) is 77.0 Å². The van der Waals surface area contributed by atoms with Crippen molar-refractivity contribution in [3.05, 3.63) is 30.1 Å². The molecule has 0 aliphatic carbocycles. The molecule has 1 aromatic heterocycles. The Morgan fingerprint density at radius 2 is 2.12 bits per heavy atom. The molecule has 0 amide bonds. The third kappa shape index (κ3) is 1.59. The van der Waals surface area contributed by atoms with E-state index in [0.29, 0.717) is 11.4 Å². The summed E-state index contributed by atoms with van der Waals surface area (Å²) in [7, 11) is 0. The largest absolute Gasteiger partial charge is 0.507 e. The average molecular weight is 230 g/mol. The molecule has 5 nitrogen and oxygen atoms in total. The van der Waals surface area contributed by atoms with Crippen LogP contribution in [0.4, 0.5) is 0 Å². The average Bonchev–Trinajstić information content (AvgIpc) is 2.75. The van der Waals surface area contributed by atoms with Crippen LogP contribution >= 0.6 is 0 Å². The Hall–Kier alpha value is -1.88. The number of aryl methyl sites for hydroxylation is 1. The highest BCUT2D eigenvalue weighted by Gasteiger charge is 2.23. The van der Waals surface area contributed by atoms with E-state index in [2.05, 4.69) is 10.2 Å². The predicted octanol–water partition coefficient (Wildman–Crippen LogP) is 1.44. The highest BCUT2D eigenvalue weighted by Crippen LogP contribution is 2.31. The lowest BCUT2D eigenvalue weighted by molar-refractivity contribution is 0.410. The Balaban J connectivity index is 2.17. The van der Waals surface area contributed by atoms with Crippen LogP contribution in [0.2, 0.25) is 0 Å². The van der Waals surface area contributed by atoms with Crippen molar-refractivity contribution in [2.45, 2.75) is 25.4 Å². The molecule has 5 heteroatoms. The van der Waals surface area contributed by atoms with Gasteiger partial charge in [0.05, 0.1) is 11.7 Å². The number of aromatic nitrogens is 3. The third-order valence-corrected chi connectivity index (χ3v) is 3.14. The van der Waals surface area contributed by atoms with Crippen LogP contribution in [0.5, 0.6) is 5.75 Å². The van der Waals surface area contributed by atoms with Gasteiger partial charge in [0, 0.05) is 6.42 Å². The molecule has 88 valence electrons. The molecular weight excluding hydrogens is 216 g/mol. The molecule has 1 unspecified atom stereocenters. The SMILES string of the molecule is NC1CCCc2nnc(-c3ccccc3O)n21. The molecular formula is C12H14N4O. The molecule has 0 radical (unpaired) electrons. The summed E-state index contributed by atoms with van der Waals surface area (Å²) in [6.45, 7) is 0. The van der Waals surface area contributed by atoms with Crippen molar-refractivity contribution in [1.29, 1.82) is 0 Å². The second kappa shape index (κ2) is 3.85. The molecule has 1 aromatic carbocycles. The predicted molar refractivity (Wildman–Crippen MR) is 63.3 cm³/mol. The maximum absolute atomic E-state index is 9.85. The minimum atomic E-state index is -0.0941. The molecule has 2 heterocycles. The third-order valence-electron chi connectivity index (χ3n) is 3.14. The van der Waals surface area contributed by atoms with Crippen molar-refractivity contribution in [1.82, 2.24) is 14.8 Å². The van der Waals surface area contributed by atoms with Crippen LogP contribution in [0, 0.1) is 0 Å². The van der Waals surface area contributed by atoms with Crippen LogP contribution in [-0.4, -0.2) is 19.9 Å². The van der Waals surface area contributed by atoms with Crippen molar-refractivity contribution in [3.63, 3.8) is 0 Å². The summed E-state index contributed by atoms with van der Waals surface area (Å²) in [6, 6.07) is 7.12. The summed E-state index contributed by atoms with van der Waals surface area (Å²) in [5.74, 6) is 1.77. The number of fused-ring (bicyclic) bond motifs is 1. The number of hydrogen-bond acceptors (Lipinski definition) is 4. The van der Waals surface area contributed by atoms with E-state index in [0.717, 1.165) is 25.1 Å². The van der Waals surface area contributed by atoms with Gasteiger partial charge in [0.2, 0.25) is 0 Å². The molecule has 0 bridgehead atoms. The maximum Gasteiger partial charge on any atom is 0.169 e. The number of rotatable bonds is 1. The van der Waals surface area contributed by atoms with Gasteiger partial charge in [-0.25, -0.2) is 0 Å². The van der Waals surface area contributed by atoms with Crippen molar-refractivity contribution < 1.29 is 5.11 Å². The first-order valence-electron chi connectivity index (χ1n) is 5.75.